The lowest BCUT2D eigenvalue weighted by Gasteiger charge is -2.07. The Hall–Kier alpha value is -4.00. The van der Waals surface area contributed by atoms with Crippen LogP contribution < -0.4 is 10.1 Å². The minimum Gasteiger partial charge on any atom is -0.457 e. The molecule has 0 bridgehead atoms. The van der Waals surface area contributed by atoms with Crippen LogP contribution in [0.15, 0.2) is 77.3 Å². The van der Waals surface area contributed by atoms with E-state index in [9.17, 15) is 9.18 Å². The van der Waals surface area contributed by atoms with Gasteiger partial charge in [0.25, 0.3) is 5.89 Å². The van der Waals surface area contributed by atoms with E-state index in [1.807, 2.05) is 0 Å². The zero-order chi connectivity index (χ0) is 20.2. The number of nitrogens with one attached hydrogen (secondary N) is 1. The zero-order valence-electron chi connectivity index (χ0n) is 15.4. The predicted octanol–water partition coefficient (Wildman–Crippen LogP) is 5.29. The summed E-state index contributed by atoms with van der Waals surface area (Å²) in [4.78, 5) is 15.4. The van der Waals surface area contributed by atoms with E-state index in [4.69, 9.17) is 9.26 Å². The van der Waals surface area contributed by atoms with Crippen molar-refractivity contribution in [3.8, 4) is 34.3 Å². The summed E-state index contributed by atoms with van der Waals surface area (Å²) in [5, 5.41) is 6.66. The molecule has 0 radical (unpaired) electrons. The second kappa shape index (κ2) is 7.93. The van der Waals surface area contributed by atoms with Crippen molar-refractivity contribution in [3.63, 3.8) is 0 Å². The van der Waals surface area contributed by atoms with Gasteiger partial charge in [-0.3, -0.25) is 4.79 Å². The van der Waals surface area contributed by atoms with E-state index in [2.05, 4.69) is 15.5 Å². The SMILES string of the molecule is CC(=O)Nc1ccc(Oc2ccc(-c3noc(-c4cccc(F)c4)n3)cc2)cc1. The van der Waals surface area contributed by atoms with Crippen molar-refractivity contribution in [1.29, 1.82) is 0 Å². The number of rotatable bonds is 5. The Labute approximate surface area is 166 Å². The molecule has 1 heterocycles. The highest BCUT2D eigenvalue weighted by Crippen LogP contribution is 2.27. The van der Waals surface area contributed by atoms with Crippen molar-refractivity contribution in [2.75, 3.05) is 5.32 Å². The topological polar surface area (TPSA) is 77.2 Å². The Bertz CT molecular complexity index is 1140. The number of ether oxygens (including phenoxy) is 1. The van der Waals surface area contributed by atoms with Crippen molar-refractivity contribution >= 4 is 11.6 Å². The first-order chi connectivity index (χ1) is 14.1. The fourth-order valence-electron chi connectivity index (χ4n) is 2.70. The maximum Gasteiger partial charge on any atom is 0.258 e. The number of amides is 1. The van der Waals surface area contributed by atoms with E-state index in [1.165, 1.54) is 19.1 Å². The van der Waals surface area contributed by atoms with Crippen molar-refractivity contribution in [2.45, 2.75) is 6.92 Å². The molecule has 0 spiro atoms. The van der Waals surface area contributed by atoms with Crippen molar-refractivity contribution in [3.05, 3.63) is 78.6 Å². The summed E-state index contributed by atoms with van der Waals surface area (Å²) in [6.45, 7) is 1.46. The number of carbonyl (C=O) groups is 1. The zero-order valence-corrected chi connectivity index (χ0v) is 15.4. The molecule has 3 aromatic carbocycles. The average Bonchev–Trinajstić information content (AvgIpc) is 3.20. The summed E-state index contributed by atoms with van der Waals surface area (Å²) < 4.78 is 24.4. The lowest BCUT2D eigenvalue weighted by molar-refractivity contribution is -0.114. The molecule has 7 heteroatoms. The molecule has 0 atom stereocenters. The number of carbonyl (C=O) groups excluding carboxylic acids is 1. The molecule has 1 amide bonds. The summed E-state index contributed by atoms with van der Waals surface area (Å²) in [5.41, 5.74) is 1.96. The van der Waals surface area contributed by atoms with Gasteiger partial charge < -0.3 is 14.6 Å². The van der Waals surface area contributed by atoms with Gasteiger partial charge in [-0.25, -0.2) is 4.39 Å². The molecule has 1 aromatic heterocycles. The van der Waals surface area contributed by atoms with Crippen LogP contribution in [0, 0.1) is 5.82 Å². The van der Waals surface area contributed by atoms with E-state index in [-0.39, 0.29) is 17.6 Å². The van der Waals surface area contributed by atoms with Crippen molar-refractivity contribution < 1.29 is 18.4 Å². The minimum absolute atomic E-state index is 0.128. The average molecular weight is 389 g/mol. The van der Waals surface area contributed by atoms with Gasteiger partial charge in [-0.2, -0.15) is 4.98 Å². The highest BCUT2D eigenvalue weighted by Gasteiger charge is 2.11. The first-order valence-electron chi connectivity index (χ1n) is 8.82. The molecule has 144 valence electrons. The second-order valence-corrected chi connectivity index (χ2v) is 6.27. The van der Waals surface area contributed by atoms with Gasteiger partial charge in [0.2, 0.25) is 11.7 Å². The van der Waals surface area contributed by atoms with Crippen LogP contribution in [0.3, 0.4) is 0 Å². The van der Waals surface area contributed by atoms with Crippen molar-refractivity contribution in [2.24, 2.45) is 0 Å². The fraction of sp³-hybridized carbons (Fsp3) is 0.0455. The third-order valence-electron chi connectivity index (χ3n) is 4.02. The molecule has 1 N–H and O–H groups in total. The molecule has 0 aliphatic carbocycles. The van der Waals surface area contributed by atoms with Crippen LogP contribution in [0.2, 0.25) is 0 Å². The van der Waals surface area contributed by atoms with Gasteiger partial charge in [-0.15, -0.1) is 0 Å². The molecule has 0 aliphatic heterocycles. The number of anilines is 1. The molecule has 4 rings (SSSR count). The summed E-state index contributed by atoms with van der Waals surface area (Å²) in [7, 11) is 0. The Morgan fingerprint density at radius 1 is 0.966 bits per heavy atom. The quantitative estimate of drug-likeness (QED) is 0.502. The van der Waals surface area contributed by atoms with Crippen LogP contribution in [-0.4, -0.2) is 16.0 Å². The number of aromatic nitrogens is 2. The second-order valence-electron chi connectivity index (χ2n) is 6.27. The number of hydrogen-bond acceptors (Lipinski definition) is 5. The lowest BCUT2D eigenvalue weighted by atomic mass is 10.2. The van der Waals surface area contributed by atoms with Crippen molar-refractivity contribution in [1.82, 2.24) is 10.1 Å². The standard InChI is InChI=1S/C22H16FN3O3/c1-14(27)24-18-7-11-20(12-8-18)28-19-9-5-15(6-10-19)21-25-22(29-26-21)16-3-2-4-17(23)13-16/h2-13H,1H3,(H,24,27). The largest absolute Gasteiger partial charge is 0.457 e. The Morgan fingerprint density at radius 2 is 1.66 bits per heavy atom. The van der Waals surface area contributed by atoms with Crippen LogP contribution in [0.1, 0.15) is 6.92 Å². The molecule has 29 heavy (non-hydrogen) atoms. The van der Waals surface area contributed by atoms with Gasteiger partial charge in [-0.1, -0.05) is 11.2 Å². The van der Waals surface area contributed by atoms with E-state index < -0.39 is 0 Å². The van der Waals surface area contributed by atoms with Crippen LogP contribution in [0.5, 0.6) is 11.5 Å². The smallest absolute Gasteiger partial charge is 0.258 e. The maximum atomic E-state index is 13.4. The molecular formula is C22H16FN3O3. The third kappa shape index (κ3) is 4.47. The van der Waals surface area contributed by atoms with Crippen LogP contribution in [0.4, 0.5) is 10.1 Å². The Morgan fingerprint density at radius 3 is 2.31 bits per heavy atom. The first kappa shape index (κ1) is 18.4. The lowest BCUT2D eigenvalue weighted by Crippen LogP contribution is -2.05. The van der Waals surface area contributed by atoms with Gasteiger partial charge in [0.15, 0.2) is 0 Å². The number of hydrogen-bond donors (Lipinski definition) is 1. The maximum absolute atomic E-state index is 13.4. The minimum atomic E-state index is -0.367. The Balaban J connectivity index is 1.46. The van der Waals surface area contributed by atoms with Crippen LogP contribution in [-0.2, 0) is 4.79 Å². The van der Waals surface area contributed by atoms with Crippen LogP contribution in [0.25, 0.3) is 22.8 Å². The summed E-state index contributed by atoms with van der Waals surface area (Å²) in [6.07, 6.45) is 0. The molecule has 0 fully saturated rings. The summed E-state index contributed by atoms with van der Waals surface area (Å²) >= 11 is 0. The van der Waals surface area contributed by atoms with E-state index in [1.54, 1.807) is 60.7 Å². The normalized spacial score (nSPS) is 10.6. The molecular weight excluding hydrogens is 373 g/mol. The van der Waals surface area contributed by atoms with Gasteiger partial charge in [0, 0.05) is 23.7 Å². The molecule has 0 aliphatic rings. The van der Waals surface area contributed by atoms with E-state index in [0.717, 1.165) is 5.56 Å². The van der Waals surface area contributed by atoms with Gasteiger partial charge in [-0.05, 0) is 66.7 Å². The van der Waals surface area contributed by atoms with Gasteiger partial charge >= 0.3 is 0 Å². The predicted molar refractivity (Wildman–Crippen MR) is 106 cm³/mol. The molecule has 0 saturated heterocycles. The highest BCUT2D eigenvalue weighted by atomic mass is 19.1. The monoisotopic (exact) mass is 389 g/mol. The fourth-order valence-corrected chi connectivity index (χ4v) is 2.70. The first-order valence-corrected chi connectivity index (χ1v) is 8.82. The van der Waals surface area contributed by atoms with Gasteiger partial charge in [0.05, 0.1) is 0 Å². The number of halogens is 1. The molecule has 0 saturated carbocycles. The number of nitrogens with zero attached hydrogens (tertiary/aromatic N) is 2. The third-order valence-corrected chi connectivity index (χ3v) is 4.02. The van der Waals surface area contributed by atoms with E-state index >= 15 is 0 Å². The summed E-state index contributed by atoms with van der Waals surface area (Å²) in [5.74, 6) is 1.43. The van der Waals surface area contributed by atoms with E-state index in [0.29, 0.717) is 28.6 Å². The molecule has 4 aromatic rings. The van der Waals surface area contributed by atoms with Crippen LogP contribution >= 0.6 is 0 Å². The number of benzene rings is 3. The highest BCUT2D eigenvalue weighted by molar-refractivity contribution is 5.88. The molecule has 0 unspecified atom stereocenters. The molecule has 6 nitrogen and oxygen atoms in total. The van der Waals surface area contributed by atoms with Gasteiger partial charge in [0.1, 0.15) is 17.3 Å². The summed E-state index contributed by atoms with van der Waals surface area (Å²) in [6, 6.07) is 20.2. The Kier molecular flexibility index (Phi) is 5.03.